The first kappa shape index (κ1) is 16.7. The number of para-hydroxylation sites is 1. The van der Waals surface area contributed by atoms with Gasteiger partial charge in [-0.15, -0.1) is 10.2 Å². The number of anilines is 3. The number of aromatic nitrogens is 2. The number of piperidine rings is 1. The molecule has 6 nitrogen and oxygen atoms in total. The lowest BCUT2D eigenvalue weighted by Crippen LogP contribution is -2.34. The molecule has 2 N–H and O–H groups in total. The third-order valence-electron chi connectivity index (χ3n) is 4.21. The third kappa shape index (κ3) is 4.03. The smallest absolute Gasteiger partial charge is 0.325 e. The van der Waals surface area contributed by atoms with Crippen LogP contribution in [-0.2, 0) is 6.42 Å². The molecule has 2 amide bonds. The van der Waals surface area contributed by atoms with Crippen LogP contribution in [0.4, 0.5) is 20.7 Å². The molecule has 1 aliphatic rings. The summed E-state index contributed by atoms with van der Waals surface area (Å²) in [7, 11) is 0. The molecule has 2 aromatic rings. The van der Waals surface area contributed by atoms with Gasteiger partial charge in [-0.2, -0.15) is 0 Å². The number of urea groups is 1. The Balaban J connectivity index is 1.61. The summed E-state index contributed by atoms with van der Waals surface area (Å²) in [5, 5.41) is 15.4. The minimum Gasteiger partial charge on any atom is -0.346 e. The summed E-state index contributed by atoms with van der Waals surface area (Å²) in [5.41, 5.74) is 1.93. The van der Waals surface area contributed by atoms with Crippen molar-refractivity contribution in [1.82, 2.24) is 10.2 Å². The molecule has 0 bridgehead atoms. The third-order valence-corrected chi connectivity index (χ3v) is 5.11. The highest BCUT2D eigenvalue weighted by Crippen LogP contribution is 2.28. The fourth-order valence-corrected chi connectivity index (χ4v) is 3.73. The molecular formula is C17H23N5OS. The van der Waals surface area contributed by atoms with Gasteiger partial charge >= 0.3 is 6.03 Å². The second-order valence-corrected chi connectivity index (χ2v) is 7.13. The van der Waals surface area contributed by atoms with Crippen LogP contribution in [0.2, 0.25) is 0 Å². The van der Waals surface area contributed by atoms with E-state index in [9.17, 15) is 4.79 Å². The second-order valence-electron chi connectivity index (χ2n) is 6.17. The number of hydrogen-bond acceptors (Lipinski definition) is 5. The van der Waals surface area contributed by atoms with Gasteiger partial charge in [-0.3, -0.25) is 5.32 Å². The van der Waals surface area contributed by atoms with Crippen molar-refractivity contribution in [2.75, 3.05) is 28.6 Å². The van der Waals surface area contributed by atoms with Crippen molar-refractivity contribution in [3.05, 3.63) is 29.8 Å². The van der Waals surface area contributed by atoms with Crippen molar-refractivity contribution in [3.63, 3.8) is 0 Å². The number of aryl methyl sites for hydroxylation is 1. The quantitative estimate of drug-likeness (QED) is 0.879. The highest BCUT2D eigenvalue weighted by Gasteiger charge is 2.20. The maximum Gasteiger partial charge on any atom is 0.325 e. The van der Waals surface area contributed by atoms with E-state index in [4.69, 9.17) is 0 Å². The highest BCUT2D eigenvalue weighted by atomic mass is 32.1. The number of hydrogen-bond donors (Lipinski definition) is 2. The van der Waals surface area contributed by atoms with Crippen LogP contribution < -0.4 is 15.5 Å². The summed E-state index contributed by atoms with van der Waals surface area (Å²) in [5.74, 6) is 0.674. The predicted molar refractivity (Wildman–Crippen MR) is 99.0 cm³/mol. The first-order valence-electron chi connectivity index (χ1n) is 8.40. The lowest BCUT2D eigenvalue weighted by Gasteiger charge is -2.29. The van der Waals surface area contributed by atoms with Crippen molar-refractivity contribution in [2.45, 2.75) is 33.1 Å². The SMILES string of the molecule is CCc1ccccc1NC(=O)Nc1nnc(N2CCC[C@@H](C)C2)s1. The van der Waals surface area contributed by atoms with Crippen LogP contribution in [0.25, 0.3) is 0 Å². The Morgan fingerprint density at radius 2 is 2.17 bits per heavy atom. The van der Waals surface area contributed by atoms with Crippen LogP contribution in [-0.4, -0.2) is 29.3 Å². The maximum atomic E-state index is 12.2. The van der Waals surface area contributed by atoms with Gasteiger partial charge < -0.3 is 10.2 Å². The Morgan fingerprint density at radius 3 is 2.96 bits per heavy atom. The van der Waals surface area contributed by atoms with E-state index >= 15 is 0 Å². The highest BCUT2D eigenvalue weighted by molar-refractivity contribution is 7.19. The number of amides is 2. The molecule has 24 heavy (non-hydrogen) atoms. The number of carbonyl (C=O) groups excluding carboxylic acids is 1. The summed E-state index contributed by atoms with van der Waals surface area (Å²) in [6.45, 7) is 6.33. The number of nitrogens with one attached hydrogen (secondary N) is 2. The molecule has 3 rings (SSSR count). The molecule has 128 valence electrons. The van der Waals surface area contributed by atoms with Gasteiger partial charge in [-0.1, -0.05) is 43.4 Å². The van der Waals surface area contributed by atoms with Crippen LogP contribution >= 0.6 is 11.3 Å². The van der Waals surface area contributed by atoms with E-state index in [-0.39, 0.29) is 6.03 Å². The van der Waals surface area contributed by atoms with E-state index in [1.807, 2.05) is 24.3 Å². The van der Waals surface area contributed by atoms with E-state index < -0.39 is 0 Å². The zero-order chi connectivity index (χ0) is 16.9. The molecule has 7 heteroatoms. The normalized spacial score (nSPS) is 17.6. The van der Waals surface area contributed by atoms with Crippen molar-refractivity contribution >= 4 is 33.3 Å². The van der Waals surface area contributed by atoms with Gasteiger partial charge in [0.1, 0.15) is 0 Å². The summed E-state index contributed by atoms with van der Waals surface area (Å²) < 4.78 is 0. The van der Waals surface area contributed by atoms with Gasteiger partial charge in [-0.25, -0.2) is 4.79 Å². The Morgan fingerprint density at radius 1 is 1.33 bits per heavy atom. The largest absolute Gasteiger partial charge is 0.346 e. The average molecular weight is 345 g/mol. The number of nitrogens with zero attached hydrogens (tertiary/aromatic N) is 3. The monoisotopic (exact) mass is 345 g/mol. The molecule has 0 radical (unpaired) electrons. The lowest BCUT2D eigenvalue weighted by molar-refractivity contribution is 0.262. The first-order chi connectivity index (χ1) is 11.7. The summed E-state index contributed by atoms with van der Waals surface area (Å²) in [6, 6.07) is 7.51. The maximum absolute atomic E-state index is 12.2. The van der Waals surface area contributed by atoms with E-state index in [1.165, 1.54) is 24.2 Å². The van der Waals surface area contributed by atoms with E-state index in [2.05, 4.69) is 39.6 Å². The van der Waals surface area contributed by atoms with Gasteiger partial charge in [0.15, 0.2) is 0 Å². The van der Waals surface area contributed by atoms with E-state index in [1.54, 1.807) is 0 Å². The standard InChI is InChI=1S/C17H23N5OS/c1-3-13-8-4-5-9-14(13)18-15(23)19-16-20-21-17(24-16)22-10-6-7-12(2)11-22/h4-5,8-9,12H,3,6-7,10-11H2,1-2H3,(H2,18,19,20,23)/t12-/m1/s1. The Labute approximate surface area is 146 Å². The minimum atomic E-state index is -0.286. The molecule has 0 unspecified atom stereocenters. The summed E-state index contributed by atoms with van der Waals surface area (Å²) >= 11 is 1.42. The van der Waals surface area contributed by atoms with Crippen LogP contribution in [0.3, 0.4) is 0 Å². The molecule has 1 aromatic heterocycles. The molecule has 0 saturated carbocycles. The van der Waals surface area contributed by atoms with Crippen molar-refractivity contribution in [1.29, 1.82) is 0 Å². The first-order valence-corrected chi connectivity index (χ1v) is 9.21. The average Bonchev–Trinajstić information content (AvgIpc) is 3.03. The molecule has 1 fully saturated rings. The topological polar surface area (TPSA) is 70.1 Å². The van der Waals surface area contributed by atoms with Crippen LogP contribution in [0, 0.1) is 5.92 Å². The number of carbonyl (C=O) groups is 1. The molecule has 0 aliphatic carbocycles. The minimum absolute atomic E-state index is 0.286. The Kier molecular flexibility index (Phi) is 5.30. The zero-order valence-electron chi connectivity index (χ0n) is 14.1. The number of benzene rings is 1. The van der Waals surface area contributed by atoms with Crippen LogP contribution in [0.5, 0.6) is 0 Å². The molecule has 2 heterocycles. The second kappa shape index (κ2) is 7.61. The van der Waals surface area contributed by atoms with Gasteiger partial charge in [0.25, 0.3) is 0 Å². The van der Waals surface area contributed by atoms with Gasteiger partial charge in [0.2, 0.25) is 10.3 Å². The fraction of sp³-hybridized carbons (Fsp3) is 0.471. The van der Waals surface area contributed by atoms with Crippen molar-refractivity contribution in [2.24, 2.45) is 5.92 Å². The molecular weight excluding hydrogens is 322 g/mol. The lowest BCUT2D eigenvalue weighted by atomic mass is 10.0. The number of rotatable bonds is 4. The van der Waals surface area contributed by atoms with Gasteiger partial charge in [0, 0.05) is 18.8 Å². The molecule has 0 spiro atoms. The van der Waals surface area contributed by atoms with Crippen molar-refractivity contribution < 1.29 is 4.79 Å². The van der Waals surface area contributed by atoms with Gasteiger partial charge in [-0.05, 0) is 36.8 Å². The molecule has 1 aliphatic heterocycles. The zero-order valence-corrected chi connectivity index (χ0v) is 14.9. The molecule has 1 aromatic carbocycles. The molecule has 1 atom stereocenters. The van der Waals surface area contributed by atoms with Crippen molar-refractivity contribution in [3.8, 4) is 0 Å². The summed E-state index contributed by atoms with van der Waals surface area (Å²) in [6.07, 6.45) is 3.31. The predicted octanol–water partition coefficient (Wildman–Crippen LogP) is 3.98. The van der Waals surface area contributed by atoms with E-state index in [0.29, 0.717) is 11.0 Å². The fourth-order valence-electron chi connectivity index (χ4n) is 2.96. The Hall–Kier alpha value is -2.15. The summed E-state index contributed by atoms with van der Waals surface area (Å²) in [4.78, 5) is 14.4. The van der Waals surface area contributed by atoms with E-state index in [0.717, 1.165) is 35.9 Å². The van der Waals surface area contributed by atoms with Crippen LogP contribution in [0.1, 0.15) is 32.3 Å². The van der Waals surface area contributed by atoms with Gasteiger partial charge in [0.05, 0.1) is 0 Å². The van der Waals surface area contributed by atoms with Crippen LogP contribution in [0.15, 0.2) is 24.3 Å². The Bertz CT molecular complexity index is 702. The molecule has 1 saturated heterocycles.